The number of hydrogen-bond acceptors (Lipinski definition) is 2. The summed E-state index contributed by atoms with van der Waals surface area (Å²) in [7, 11) is 0. The average molecular weight is 209 g/mol. The van der Waals surface area contributed by atoms with Gasteiger partial charge in [-0.25, -0.2) is 4.39 Å². The molecule has 0 aliphatic carbocycles. The monoisotopic (exact) mass is 209 g/mol. The molecule has 1 atom stereocenters. The van der Waals surface area contributed by atoms with Crippen LogP contribution in [0.1, 0.15) is 24.9 Å². The van der Waals surface area contributed by atoms with Gasteiger partial charge in [0.05, 0.1) is 6.61 Å². The van der Waals surface area contributed by atoms with Crippen molar-refractivity contribution in [1.82, 2.24) is 0 Å². The maximum atomic E-state index is 13.4. The Bertz CT molecular complexity index is 336. The van der Waals surface area contributed by atoms with Crippen LogP contribution in [0.5, 0.6) is 5.75 Å². The fourth-order valence-corrected chi connectivity index (χ4v) is 1.17. The smallest absolute Gasteiger partial charge is 0.165 e. The minimum atomic E-state index is -0.367. The average Bonchev–Trinajstić information content (AvgIpc) is 2.20. The van der Waals surface area contributed by atoms with Crippen LogP contribution in [0.25, 0.3) is 0 Å². The van der Waals surface area contributed by atoms with E-state index in [1.807, 2.05) is 6.92 Å². The first kappa shape index (κ1) is 11.7. The maximum Gasteiger partial charge on any atom is 0.165 e. The van der Waals surface area contributed by atoms with Gasteiger partial charge in [0.2, 0.25) is 0 Å². The Balaban J connectivity index is 2.70. The van der Waals surface area contributed by atoms with Crippen LogP contribution in [0.15, 0.2) is 30.9 Å². The zero-order valence-corrected chi connectivity index (χ0v) is 8.87. The molecule has 0 aliphatic heterocycles. The minimum absolute atomic E-state index is 0.165. The highest BCUT2D eigenvalue weighted by molar-refractivity contribution is 5.30. The molecule has 0 heterocycles. The number of halogens is 1. The van der Waals surface area contributed by atoms with Gasteiger partial charge < -0.3 is 10.5 Å². The van der Waals surface area contributed by atoms with Gasteiger partial charge in [-0.3, -0.25) is 0 Å². The number of rotatable bonds is 5. The quantitative estimate of drug-likeness (QED) is 0.597. The molecule has 2 nitrogen and oxygen atoms in total. The van der Waals surface area contributed by atoms with Crippen LogP contribution in [0, 0.1) is 5.82 Å². The van der Waals surface area contributed by atoms with Gasteiger partial charge in [-0.05, 0) is 31.0 Å². The van der Waals surface area contributed by atoms with E-state index in [0.717, 1.165) is 5.56 Å². The third-order valence-electron chi connectivity index (χ3n) is 2.06. The molecule has 0 amide bonds. The summed E-state index contributed by atoms with van der Waals surface area (Å²) in [6, 6.07) is 4.63. The van der Waals surface area contributed by atoms with Crippen molar-refractivity contribution >= 4 is 0 Å². The minimum Gasteiger partial charge on any atom is -0.490 e. The lowest BCUT2D eigenvalue weighted by atomic mass is 10.1. The largest absolute Gasteiger partial charge is 0.490 e. The molecule has 1 aromatic carbocycles. The Morgan fingerprint density at radius 1 is 1.60 bits per heavy atom. The highest BCUT2D eigenvalue weighted by atomic mass is 19.1. The third kappa shape index (κ3) is 3.36. The Kier molecular flexibility index (Phi) is 4.31. The SMILES string of the molecule is C=CCCOc1ccc([C@@H](C)N)cc1F. The molecule has 0 saturated heterocycles. The van der Waals surface area contributed by atoms with Crippen molar-refractivity contribution in [2.45, 2.75) is 19.4 Å². The lowest BCUT2D eigenvalue weighted by Gasteiger charge is -2.09. The van der Waals surface area contributed by atoms with Gasteiger partial charge in [0.25, 0.3) is 0 Å². The summed E-state index contributed by atoms with van der Waals surface area (Å²) < 4.78 is 18.7. The van der Waals surface area contributed by atoms with Gasteiger partial charge in [0.15, 0.2) is 11.6 Å². The number of ether oxygens (including phenoxy) is 1. The van der Waals surface area contributed by atoms with Gasteiger partial charge in [-0.1, -0.05) is 12.1 Å². The van der Waals surface area contributed by atoms with Crippen LogP contribution >= 0.6 is 0 Å². The van der Waals surface area contributed by atoms with E-state index < -0.39 is 0 Å². The Morgan fingerprint density at radius 2 is 2.33 bits per heavy atom. The van der Waals surface area contributed by atoms with Crippen LogP contribution in [-0.2, 0) is 0 Å². The van der Waals surface area contributed by atoms with Crippen molar-refractivity contribution in [3.63, 3.8) is 0 Å². The van der Waals surface area contributed by atoms with E-state index >= 15 is 0 Å². The molecule has 2 N–H and O–H groups in total. The lowest BCUT2D eigenvalue weighted by Crippen LogP contribution is -2.06. The molecule has 3 heteroatoms. The fraction of sp³-hybridized carbons (Fsp3) is 0.333. The maximum absolute atomic E-state index is 13.4. The van der Waals surface area contributed by atoms with Crippen LogP contribution in [0.3, 0.4) is 0 Å². The van der Waals surface area contributed by atoms with Crippen molar-refractivity contribution in [2.75, 3.05) is 6.61 Å². The van der Waals surface area contributed by atoms with Crippen molar-refractivity contribution in [2.24, 2.45) is 5.73 Å². The summed E-state index contributed by atoms with van der Waals surface area (Å²) in [4.78, 5) is 0. The van der Waals surface area contributed by atoms with E-state index in [0.29, 0.717) is 13.0 Å². The molecular weight excluding hydrogens is 193 g/mol. The standard InChI is InChI=1S/C12H16FNO/c1-3-4-7-15-12-6-5-10(9(2)14)8-11(12)13/h3,5-6,8-9H,1,4,7,14H2,2H3/t9-/m1/s1. The van der Waals surface area contributed by atoms with Crippen molar-refractivity contribution in [1.29, 1.82) is 0 Å². The fourth-order valence-electron chi connectivity index (χ4n) is 1.17. The predicted molar refractivity (Wildman–Crippen MR) is 59.3 cm³/mol. The summed E-state index contributed by atoms with van der Waals surface area (Å²) >= 11 is 0. The van der Waals surface area contributed by atoms with Crippen LogP contribution in [0.2, 0.25) is 0 Å². The summed E-state index contributed by atoms with van der Waals surface area (Å²) in [6.45, 7) is 5.82. The molecule has 0 fully saturated rings. The first-order valence-electron chi connectivity index (χ1n) is 4.94. The molecule has 0 radical (unpaired) electrons. The molecule has 1 rings (SSSR count). The number of nitrogens with two attached hydrogens (primary N) is 1. The van der Waals surface area contributed by atoms with E-state index in [2.05, 4.69) is 6.58 Å². The van der Waals surface area contributed by atoms with E-state index in [4.69, 9.17) is 10.5 Å². The number of benzene rings is 1. The van der Waals surface area contributed by atoms with Crippen molar-refractivity contribution < 1.29 is 9.13 Å². The second-order valence-electron chi connectivity index (χ2n) is 3.40. The first-order chi connectivity index (χ1) is 7.15. The summed E-state index contributed by atoms with van der Waals surface area (Å²) in [5.41, 5.74) is 6.40. The molecule has 82 valence electrons. The molecule has 0 aromatic heterocycles. The van der Waals surface area contributed by atoms with Gasteiger partial charge in [-0.15, -0.1) is 6.58 Å². The zero-order chi connectivity index (χ0) is 11.3. The second kappa shape index (κ2) is 5.51. The summed E-state index contributed by atoms with van der Waals surface area (Å²) in [6.07, 6.45) is 2.43. The Hall–Kier alpha value is -1.35. The van der Waals surface area contributed by atoms with Gasteiger partial charge in [-0.2, -0.15) is 0 Å². The Morgan fingerprint density at radius 3 is 2.87 bits per heavy atom. The van der Waals surface area contributed by atoms with Crippen LogP contribution in [-0.4, -0.2) is 6.61 Å². The van der Waals surface area contributed by atoms with Crippen LogP contribution in [0.4, 0.5) is 4.39 Å². The zero-order valence-electron chi connectivity index (χ0n) is 8.87. The molecule has 0 unspecified atom stereocenters. The van der Waals surface area contributed by atoms with Gasteiger partial charge >= 0.3 is 0 Å². The predicted octanol–water partition coefficient (Wildman–Crippen LogP) is 2.80. The highest BCUT2D eigenvalue weighted by Crippen LogP contribution is 2.21. The van der Waals surface area contributed by atoms with E-state index in [1.165, 1.54) is 6.07 Å². The van der Waals surface area contributed by atoms with Crippen LogP contribution < -0.4 is 10.5 Å². The summed E-state index contributed by atoms with van der Waals surface area (Å²) in [5.74, 6) is -0.102. The first-order valence-corrected chi connectivity index (χ1v) is 4.94. The van der Waals surface area contributed by atoms with Crippen molar-refractivity contribution in [3.8, 4) is 5.75 Å². The van der Waals surface area contributed by atoms with Crippen molar-refractivity contribution in [3.05, 3.63) is 42.2 Å². The normalized spacial score (nSPS) is 12.2. The molecular formula is C12H16FNO. The molecule has 0 aliphatic rings. The van der Waals surface area contributed by atoms with Gasteiger partial charge in [0.1, 0.15) is 0 Å². The molecule has 15 heavy (non-hydrogen) atoms. The highest BCUT2D eigenvalue weighted by Gasteiger charge is 2.06. The summed E-state index contributed by atoms with van der Waals surface area (Å²) in [5, 5.41) is 0. The van der Waals surface area contributed by atoms with E-state index in [-0.39, 0.29) is 17.6 Å². The lowest BCUT2D eigenvalue weighted by molar-refractivity contribution is 0.308. The third-order valence-corrected chi connectivity index (χ3v) is 2.06. The molecule has 1 aromatic rings. The second-order valence-corrected chi connectivity index (χ2v) is 3.40. The Labute approximate surface area is 89.6 Å². The topological polar surface area (TPSA) is 35.2 Å². The molecule has 0 bridgehead atoms. The number of hydrogen-bond donors (Lipinski definition) is 1. The molecule has 0 saturated carbocycles. The van der Waals surface area contributed by atoms with E-state index in [9.17, 15) is 4.39 Å². The molecule has 0 spiro atoms. The van der Waals surface area contributed by atoms with E-state index in [1.54, 1.807) is 18.2 Å². The van der Waals surface area contributed by atoms with Gasteiger partial charge in [0, 0.05) is 6.04 Å².